The normalized spacial score (nSPS) is 15.4. The summed E-state index contributed by atoms with van der Waals surface area (Å²) < 4.78 is 9.15. The molecule has 2 aromatic rings. The highest BCUT2D eigenvalue weighted by molar-refractivity contribution is 5.75. The highest BCUT2D eigenvalue weighted by Crippen LogP contribution is 2.28. The number of fused-ring (bicyclic) bond motifs is 1. The Balaban J connectivity index is 1.93. The molecule has 4 nitrogen and oxygen atoms in total. The van der Waals surface area contributed by atoms with Gasteiger partial charge in [-0.25, -0.2) is 4.79 Å². The maximum Gasteiger partial charge on any atom is 0.330 e. The number of rotatable bonds is 5. The predicted molar refractivity (Wildman–Crippen MR) is 70.5 cm³/mol. The van der Waals surface area contributed by atoms with Crippen molar-refractivity contribution in [1.82, 2.24) is 9.13 Å². The maximum atomic E-state index is 12.3. The number of imidazole rings is 1. The smallest absolute Gasteiger partial charge is 0.330 e. The van der Waals surface area contributed by atoms with Crippen molar-refractivity contribution in [1.29, 1.82) is 0 Å². The van der Waals surface area contributed by atoms with Crippen molar-refractivity contribution in [3.8, 4) is 0 Å². The number of ether oxygens (including phenoxy) is 1. The molecule has 0 saturated heterocycles. The van der Waals surface area contributed by atoms with E-state index in [-0.39, 0.29) is 5.69 Å². The second kappa shape index (κ2) is 4.61. The lowest BCUT2D eigenvalue weighted by Gasteiger charge is -2.04. The Labute approximate surface area is 106 Å². The summed E-state index contributed by atoms with van der Waals surface area (Å²) in [6.45, 7) is 3.82. The second-order valence-corrected chi connectivity index (χ2v) is 4.89. The summed E-state index contributed by atoms with van der Waals surface area (Å²) in [4.78, 5) is 12.3. The van der Waals surface area contributed by atoms with Crippen LogP contribution >= 0.6 is 0 Å². The molecule has 0 amide bonds. The Morgan fingerprint density at radius 1 is 1.22 bits per heavy atom. The minimum Gasteiger partial charge on any atom is -0.360 e. The fraction of sp³-hybridized carbons (Fsp3) is 0.500. The molecule has 0 unspecified atom stereocenters. The molecule has 1 aliphatic carbocycles. The summed E-state index contributed by atoms with van der Waals surface area (Å²) in [6, 6.07) is 7.88. The Hall–Kier alpha value is -1.55. The standard InChI is InChI=1S/C14H18N2O2/c1-2-15-12-5-3-4-6-13(12)16(14(15)17)10-18-9-11-7-8-11/h3-6,11H,2,7-10H2,1H3. The van der Waals surface area contributed by atoms with Crippen LogP contribution in [0.4, 0.5) is 0 Å². The molecule has 1 heterocycles. The molecule has 1 aromatic carbocycles. The molecular weight excluding hydrogens is 228 g/mol. The first-order chi connectivity index (χ1) is 8.81. The van der Waals surface area contributed by atoms with Crippen LogP contribution in [0.3, 0.4) is 0 Å². The Bertz CT molecular complexity index is 608. The molecule has 0 radical (unpaired) electrons. The molecule has 0 N–H and O–H groups in total. The molecule has 0 aliphatic heterocycles. The number of nitrogens with zero attached hydrogens (tertiary/aromatic N) is 2. The molecular formula is C14H18N2O2. The van der Waals surface area contributed by atoms with E-state index in [0.29, 0.717) is 13.3 Å². The lowest BCUT2D eigenvalue weighted by molar-refractivity contribution is 0.0690. The van der Waals surface area contributed by atoms with Crippen LogP contribution in [-0.4, -0.2) is 15.7 Å². The molecule has 1 aromatic heterocycles. The van der Waals surface area contributed by atoms with Gasteiger partial charge >= 0.3 is 5.69 Å². The van der Waals surface area contributed by atoms with Crippen molar-refractivity contribution in [2.45, 2.75) is 33.0 Å². The van der Waals surface area contributed by atoms with E-state index < -0.39 is 0 Å². The summed E-state index contributed by atoms with van der Waals surface area (Å²) in [5.74, 6) is 0.722. The van der Waals surface area contributed by atoms with E-state index in [4.69, 9.17) is 4.74 Å². The number of para-hydroxylation sites is 2. The minimum absolute atomic E-state index is 0.0227. The van der Waals surface area contributed by atoms with Gasteiger partial charge in [-0.3, -0.25) is 9.13 Å². The van der Waals surface area contributed by atoms with Gasteiger partial charge in [-0.05, 0) is 37.8 Å². The van der Waals surface area contributed by atoms with E-state index in [2.05, 4.69) is 0 Å². The van der Waals surface area contributed by atoms with Crippen LogP contribution < -0.4 is 5.69 Å². The topological polar surface area (TPSA) is 36.2 Å². The highest BCUT2D eigenvalue weighted by atomic mass is 16.5. The van der Waals surface area contributed by atoms with Gasteiger partial charge in [0.2, 0.25) is 0 Å². The molecule has 1 saturated carbocycles. The van der Waals surface area contributed by atoms with Crippen LogP contribution in [0.25, 0.3) is 11.0 Å². The molecule has 1 fully saturated rings. The molecule has 18 heavy (non-hydrogen) atoms. The maximum absolute atomic E-state index is 12.3. The fourth-order valence-corrected chi connectivity index (χ4v) is 2.30. The van der Waals surface area contributed by atoms with Crippen LogP contribution in [-0.2, 0) is 18.0 Å². The predicted octanol–water partition coefficient (Wildman–Crippen LogP) is 2.21. The van der Waals surface area contributed by atoms with E-state index >= 15 is 0 Å². The number of aromatic nitrogens is 2. The van der Waals surface area contributed by atoms with Crippen molar-refractivity contribution < 1.29 is 4.74 Å². The largest absolute Gasteiger partial charge is 0.360 e. The van der Waals surface area contributed by atoms with Crippen LogP contribution in [0, 0.1) is 5.92 Å². The summed E-state index contributed by atoms with van der Waals surface area (Å²) >= 11 is 0. The lowest BCUT2D eigenvalue weighted by atomic mass is 10.3. The number of aryl methyl sites for hydroxylation is 1. The molecule has 0 atom stereocenters. The van der Waals surface area contributed by atoms with Gasteiger partial charge in [-0.2, -0.15) is 0 Å². The third kappa shape index (κ3) is 1.97. The Morgan fingerprint density at radius 3 is 2.50 bits per heavy atom. The van der Waals surface area contributed by atoms with Gasteiger partial charge in [-0.15, -0.1) is 0 Å². The average Bonchev–Trinajstić information content (AvgIpc) is 3.16. The van der Waals surface area contributed by atoms with Crippen molar-refractivity contribution >= 4 is 11.0 Å². The van der Waals surface area contributed by atoms with Crippen LogP contribution in [0.15, 0.2) is 29.1 Å². The van der Waals surface area contributed by atoms with Gasteiger partial charge in [0.25, 0.3) is 0 Å². The summed E-state index contributed by atoms with van der Waals surface area (Å²) in [5.41, 5.74) is 1.97. The minimum atomic E-state index is 0.0227. The van der Waals surface area contributed by atoms with Crippen molar-refractivity contribution in [2.75, 3.05) is 6.61 Å². The molecule has 4 heteroatoms. The summed E-state index contributed by atoms with van der Waals surface area (Å²) in [5, 5.41) is 0. The zero-order chi connectivity index (χ0) is 12.5. The van der Waals surface area contributed by atoms with E-state index in [9.17, 15) is 4.79 Å². The van der Waals surface area contributed by atoms with Gasteiger partial charge in [0, 0.05) is 6.54 Å². The van der Waals surface area contributed by atoms with Crippen molar-refractivity contribution in [3.05, 3.63) is 34.7 Å². The van der Waals surface area contributed by atoms with E-state index in [1.165, 1.54) is 12.8 Å². The van der Waals surface area contributed by atoms with Crippen molar-refractivity contribution in [2.24, 2.45) is 5.92 Å². The zero-order valence-corrected chi connectivity index (χ0v) is 10.6. The highest BCUT2D eigenvalue weighted by Gasteiger charge is 2.21. The van der Waals surface area contributed by atoms with Crippen LogP contribution in [0.2, 0.25) is 0 Å². The lowest BCUT2D eigenvalue weighted by Crippen LogP contribution is -2.25. The SMILES string of the molecule is CCn1c(=O)n(COCC2CC2)c2ccccc21. The third-order valence-corrected chi connectivity index (χ3v) is 3.51. The molecule has 1 aliphatic rings. The molecule has 3 rings (SSSR count). The average molecular weight is 246 g/mol. The van der Waals surface area contributed by atoms with Gasteiger partial charge in [0.15, 0.2) is 0 Å². The zero-order valence-electron chi connectivity index (χ0n) is 10.6. The quantitative estimate of drug-likeness (QED) is 0.811. The number of hydrogen-bond donors (Lipinski definition) is 0. The van der Waals surface area contributed by atoms with Gasteiger partial charge in [0.1, 0.15) is 6.73 Å². The first-order valence-electron chi connectivity index (χ1n) is 6.57. The van der Waals surface area contributed by atoms with Gasteiger partial charge in [0.05, 0.1) is 17.6 Å². The molecule has 0 spiro atoms. The Morgan fingerprint density at radius 2 is 1.89 bits per heavy atom. The third-order valence-electron chi connectivity index (χ3n) is 3.51. The first kappa shape index (κ1) is 11.5. The van der Waals surface area contributed by atoms with E-state index in [1.54, 1.807) is 9.13 Å². The fourth-order valence-electron chi connectivity index (χ4n) is 2.30. The van der Waals surface area contributed by atoms with Gasteiger partial charge < -0.3 is 4.74 Å². The molecule has 0 bridgehead atoms. The van der Waals surface area contributed by atoms with Crippen LogP contribution in [0.5, 0.6) is 0 Å². The summed E-state index contributed by atoms with van der Waals surface area (Å²) in [7, 11) is 0. The van der Waals surface area contributed by atoms with E-state index in [1.807, 2.05) is 31.2 Å². The first-order valence-corrected chi connectivity index (χ1v) is 6.57. The van der Waals surface area contributed by atoms with Crippen molar-refractivity contribution in [3.63, 3.8) is 0 Å². The molecule has 96 valence electrons. The van der Waals surface area contributed by atoms with Crippen LogP contribution in [0.1, 0.15) is 19.8 Å². The number of benzene rings is 1. The number of hydrogen-bond acceptors (Lipinski definition) is 2. The second-order valence-electron chi connectivity index (χ2n) is 4.89. The summed E-state index contributed by atoms with van der Waals surface area (Å²) in [6.07, 6.45) is 2.54. The van der Waals surface area contributed by atoms with Gasteiger partial charge in [-0.1, -0.05) is 12.1 Å². The van der Waals surface area contributed by atoms with E-state index in [0.717, 1.165) is 23.6 Å². The monoisotopic (exact) mass is 246 g/mol. The Kier molecular flexibility index (Phi) is 2.96.